The van der Waals surface area contributed by atoms with Crippen LogP contribution in [0.3, 0.4) is 0 Å². The number of aryl methyl sites for hydroxylation is 3. The lowest BCUT2D eigenvalue weighted by molar-refractivity contribution is 0.479. The van der Waals surface area contributed by atoms with Crippen molar-refractivity contribution in [2.75, 3.05) is 5.32 Å². The van der Waals surface area contributed by atoms with Gasteiger partial charge in [0.2, 0.25) is 0 Å². The van der Waals surface area contributed by atoms with Crippen LogP contribution in [-0.4, -0.2) is 24.6 Å². The molecule has 41 heavy (non-hydrogen) atoms. The first-order chi connectivity index (χ1) is 19.1. The second kappa shape index (κ2) is 13.8. The van der Waals surface area contributed by atoms with Crippen molar-refractivity contribution in [3.63, 3.8) is 0 Å². The van der Waals surface area contributed by atoms with E-state index in [9.17, 15) is 4.39 Å². The van der Waals surface area contributed by atoms with Gasteiger partial charge in [-0.15, -0.1) is 36.2 Å². The average molecular weight is 628 g/mol. The number of nitrogens with one attached hydrogen (secondary N) is 1. The molecule has 0 unspecified atom stereocenters. The zero-order valence-electron chi connectivity index (χ0n) is 21.7. The van der Waals surface area contributed by atoms with Gasteiger partial charge in [0, 0.05) is 34.3 Å². The molecule has 6 aromatic rings. The SMILES string of the molecule is Cc1cc(Sc2cnc(Nc3nc(CCc4ccccc4)cs3)c(Oc3ccc(F)cc3)c2)n2nccc2n1.Cl.Cl. The Labute approximate surface area is 257 Å². The molecule has 0 saturated heterocycles. The average Bonchev–Trinajstić information content (AvgIpc) is 3.60. The molecule has 0 bridgehead atoms. The van der Waals surface area contributed by atoms with Crippen molar-refractivity contribution in [3.8, 4) is 11.5 Å². The van der Waals surface area contributed by atoms with Crippen molar-refractivity contribution in [2.45, 2.75) is 29.7 Å². The molecule has 0 radical (unpaired) electrons. The van der Waals surface area contributed by atoms with Crippen LogP contribution in [0.4, 0.5) is 15.3 Å². The van der Waals surface area contributed by atoms with Crippen molar-refractivity contribution in [2.24, 2.45) is 0 Å². The number of pyridine rings is 1. The van der Waals surface area contributed by atoms with Gasteiger partial charge >= 0.3 is 0 Å². The van der Waals surface area contributed by atoms with Crippen LogP contribution in [-0.2, 0) is 12.8 Å². The van der Waals surface area contributed by atoms with Crippen LogP contribution in [0.1, 0.15) is 17.0 Å². The monoisotopic (exact) mass is 626 g/mol. The van der Waals surface area contributed by atoms with Crippen molar-refractivity contribution in [1.82, 2.24) is 24.6 Å². The Morgan fingerprint density at radius 2 is 1.78 bits per heavy atom. The molecule has 0 aliphatic heterocycles. The van der Waals surface area contributed by atoms with Gasteiger partial charge in [-0.2, -0.15) is 5.10 Å². The molecule has 12 heteroatoms. The van der Waals surface area contributed by atoms with E-state index >= 15 is 0 Å². The van der Waals surface area contributed by atoms with Crippen molar-refractivity contribution in [3.05, 3.63) is 113 Å². The zero-order chi connectivity index (χ0) is 26.6. The summed E-state index contributed by atoms with van der Waals surface area (Å²) in [6, 6.07) is 22.0. The fraction of sp³-hybridized carbons (Fsp3) is 0.103. The summed E-state index contributed by atoms with van der Waals surface area (Å²) in [7, 11) is 0. The standard InChI is InChI=1S/C29H23FN6OS2.2ClH/c1-19-15-27(36-26(33-19)13-14-32-36)39-24-16-25(37-23-11-8-21(30)9-12-23)28(31-17-24)35-29-34-22(18-38-29)10-7-20-5-3-2-4-6-20;;/h2-6,8-9,11-18H,7,10H2,1H3,(H,31,34,35);2*1H. The number of hydrogen-bond acceptors (Lipinski definition) is 8. The van der Waals surface area contributed by atoms with Gasteiger partial charge in [0.25, 0.3) is 0 Å². The quantitative estimate of drug-likeness (QED) is 0.162. The van der Waals surface area contributed by atoms with E-state index in [2.05, 4.69) is 37.9 Å². The second-order valence-electron chi connectivity index (χ2n) is 8.77. The number of benzene rings is 2. The molecule has 4 heterocycles. The minimum atomic E-state index is -0.328. The summed E-state index contributed by atoms with van der Waals surface area (Å²) in [4.78, 5) is 14.8. The smallest absolute Gasteiger partial charge is 0.188 e. The Balaban J connectivity index is 0.00000194. The summed E-state index contributed by atoms with van der Waals surface area (Å²) in [6.07, 6.45) is 5.27. The van der Waals surface area contributed by atoms with E-state index in [1.165, 1.54) is 40.8 Å². The maximum absolute atomic E-state index is 13.5. The molecular formula is C29H25Cl2FN6OS2. The molecule has 0 aliphatic rings. The topological polar surface area (TPSA) is 77.2 Å². The Morgan fingerprint density at radius 3 is 2.59 bits per heavy atom. The van der Waals surface area contributed by atoms with E-state index < -0.39 is 0 Å². The summed E-state index contributed by atoms with van der Waals surface area (Å²) in [5, 5.41) is 11.4. The maximum atomic E-state index is 13.5. The van der Waals surface area contributed by atoms with Crippen LogP contribution in [0, 0.1) is 12.7 Å². The second-order valence-corrected chi connectivity index (χ2v) is 10.7. The molecule has 0 fully saturated rings. The van der Waals surface area contributed by atoms with E-state index in [0.717, 1.165) is 44.9 Å². The lowest BCUT2D eigenvalue weighted by Gasteiger charge is -2.13. The van der Waals surface area contributed by atoms with Gasteiger partial charge in [0.15, 0.2) is 22.3 Å². The van der Waals surface area contributed by atoms with Crippen molar-refractivity contribution >= 4 is 64.5 Å². The first kappa shape index (κ1) is 30.3. The molecule has 0 saturated carbocycles. The van der Waals surface area contributed by atoms with Crippen LogP contribution in [0.25, 0.3) is 5.65 Å². The Kier molecular flexibility index (Phi) is 10.2. The number of ether oxygens (including phenoxy) is 1. The van der Waals surface area contributed by atoms with Gasteiger partial charge in [0.1, 0.15) is 16.6 Å². The summed E-state index contributed by atoms with van der Waals surface area (Å²) < 4.78 is 21.5. The van der Waals surface area contributed by atoms with Gasteiger partial charge in [0.05, 0.1) is 11.9 Å². The van der Waals surface area contributed by atoms with Crippen LogP contribution >= 0.6 is 47.9 Å². The van der Waals surface area contributed by atoms with Crippen LogP contribution in [0.5, 0.6) is 11.5 Å². The molecule has 0 atom stereocenters. The van der Waals surface area contributed by atoms with Gasteiger partial charge in [-0.05, 0) is 55.7 Å². The molecule has 0 amide bonds. The Morgan fingerprint density at radius 1 is 0.976 bits per heavy atom. The van der Waals surface area contributed by atoms with Gasteiger partial charge in [-0.1, -0.05) is 42.1 Å². The van der Waals surface area contributed by atoms with Crippen molar-refractivity contribution < 1.29 is 9.13 Å². The predicted molar refractivity (Wildman–Crippen MR) is 166 cm³/mol. The first-order valence-electron chi connectivity index (χ1n) is 12.3. The minimum absolute atomic E-state index is 0. The van der Waals surface area contributed by atoms with Crippen LogP contribution in [0.2, 0.25) is 0 Å². The van der Waals surface area contributed by atoms with E-state index in [4.69, 9.17) is 9.72 Å². The highest BCUT2D eigenvalue weighted by Crippen LogP contribution is 2.37. The number of anilines is 2. The normalized spacial score (nSPS) is 10.6. The number of thiazole rings is 1. The first-order valence-corrected chi connectivity index (χ1v) is 14.0. The molecule has 0 spiro atoms. The number of fused-ring (bicyclic) bond motifs is 1. The summed E-state index contributed by atoms with van der Waals surface area (Å²) >= 11 is 3.02. The van der Waals surface area contributed by atoms with E-state index in [1.807, 2.05) is 43.3 Å². The zero-order valence-corrected chi connectivity index (χ0v) is 25.0. The third kappa shape index (κ3) is 7.53. The van der Waals surface area contributed by atoms with Gasteiger partial charge in [-0.3, -0.25) is 0 Å². The third-order valence-electron chi connectivity index (χ3n) is 5.84. The molecular weight excluding hydrogens is 602 g/mol. The van der Waals surface area contributed by atoms with E-state index in [0.29, 0.717) is 17.3 Å². The van der Waals surface area contributed by atoms with Crippen LogP contribution < -0.4 is 10.1 Å². The Hall–Kier alpha value is -3.70. The summed E-state index contributed by atoms with van der Waals surface area (Å²) in [6.45, 7) is 1.95. The fourth-order valence-corrected chi connectivity index (χ4v) is 5.69. The Bertz CT molecular complexity index is 1730. The number of rotatable bonds is 9. The predicted octanol–water partition coefficient (Wildman–Crippen LogP) is 8.34. The minimum Gasteiger partial charge on any atom is -0.453 e. The molecule has 210 valence electrons. The highest BCUT2D eigenvalue weighted by molar-refractivity contribution is 7.99. The van der Waals surface area contributed by atoms with Crippen molar-refractivity contribution in [1.29, 1.82) is 0 Å². The van der Waals surface area contributed by atoms with Gasteiger partial charge < -0.3 is 10.1 Å². The molecule has 4 aromatic heterocycles. The van der Waals surface area contributed by atoms with E-state index in [1.54, 1.807) is 29.0 Å². The number of aromatic nitrogens is 5. The highest BCUT2D eigenvalue weighted by atomic mass is 35.5. The summed E-state index contributed by atoms with van der Waals surface area (Å²) in [5.74, 6) is 1.18. The lowest BCUT2D eigenvalue weighted by atomic mass is 10.1. The number of halogens is 3. The largest absolute Gasteiger partial charge is 0.453 e. The van der Waals surface area contributed by atoms with Gasteiger partial charge in [-0.25, -0.2) is 23.9 Å². The molecule has 7 nitrogen and oxygen atoms in total. The number of hydrogen-bond donors (Lipinski definition) is 1. The lowest BCUT2D eigenvalue weighted by Crippen LogP contribution is -1.99. The highest BCUT2D eigenvalue weighted by Gasteiger charge is 2.14. The molecule has 2 aromatic carbocycles. The van der Waals surface area contributed by atoms with E-state index in [-0.39, 0.29) is 30.6 Å². The molecule has 1 N–H and O–H groups in total. The third-order valence-corrected chi connectivity index (χ3v) is 7.60. The fourth-order valence-electron chi connectivity index (χ4n) is 3.98. The molecule has 0 aliphatic carbocycles. The van der Waals surface area contributed by atoms with Crippen LogP contribution in [0.15, 0.2) is 100 Å². The molecule has 6 rings (SSSR count). The summed E-state index contributed by atoms with van der Waals surface area (Å²) in [5.41, 5.74) is 3.96. The maximum Gasteiger partial charge on any atom is 0.188 e. The number of nitrogens with zero attached hydrogens (tertiary/aromatic N) is 5.